The van der Waals surface area contributed by atoms with Crippen LogP contribution in [0.1, 0.15) is 200 Å². The monoisotopic (exact) mass is 636 g/mol. The van der Waals surface area contributed by atoms with Crippen LogP contribution in [0.4, 0.5) is 0 Å². The van der Waals surface area contributed by atoms with E-state index in [1.165, 1.54) is 135 Å². The van der Waals surface area contributed by atoms with Crippen LogP contribution in [0.25, 0.3) is 0 Å². The molecule has 3 atom stereocenters. The predicted molar refractivity (Wildman–Crippen MR) is 195 cm³/mol. The maximum Gasteiger partial charge on any atom is 0.249 e. The molecule has 266 valence electrons. The highest BCUT2D eigenvalue weighted by molar-refractivity contribution is 5.80. The summed E-state index contributed by atoms with van der Waals surface area (Å²) in [7, 11) is 0. The van der Waals surface area contributed by atoms with Crippen molar-refractivity contribution in [3.8, 4) is 0 Å². The first-order valence-electron chi connectivity index (χ1n) is 19.7. The number of carbonyl (C=O) groups excluding carboxylic acids is 1. The maximum absolute atomic E-state index is 12.4. The molecular weight excluding hydrogens is 558 g/mol. The highest BCUT2D eigenvalue weighted by Crippen LogP contribution is 2.14. The highest BCUT2D eigenvalue weighted by Gasteiger charge is 2.22. The Labute approximate surface area is 280 Å². The van der Waals surface area contributed by atoms with Gasteiger partial charge in [0.15, 0.2) is 0 Å². The summed E-state index contributed by atoms with van der Waals surface area (Å²) < 4.78 is 0. The molecule has 0 aromatic heterocycles. The SMILES string of the molecule is CCCCCCCCC/C=C\CCCCCCC(O)C(=O)NC(CO)C(O)/C=C/CCCCCCCCCCCCCCCC. The molecule has 0 saturated carbocycles. The van der Waals surface area contributed by atoms with Gasteiger partial charge >= 0.3 is 0 Å². The van der Waals surface area contributed by atoms with Gasteiger partial charge in [-0.2, -0.15) is 0 Å². The second kappa shape index (κ2) is 35.7. The van der Waals surface area contributed by atoms with Crippen molar-refractivity contribution in [1.82, 2.24) is 5.32 Å². The molecule has 5 heteroatoms. The first-order valence-corrected chi connectivity index (χ1v) is 19.7. The normalized spacial score (nSPS) is 14.0. The number of aliphatic hydroxyl groups is 3. The van der Waals surface area contributed by atoms with Crippen LogP contribution >= 0.6 is 0 Å². The highest BCUT2D eigenvalue weighted by atomic mass is 16.3. The summed E-state index contributed by atoms with van der Waals surface area (Å²) in [4.78, 5) is 12.4. The number of hydrogen-bond acceptors (Lipinski definition) is 4. The van der Waals surface area contributed by atoms with Crippen molar-refractivity contribution in [2.75, 3.05) is 6.61 Å². The molecule has 0 aliphatic rings. The molecule has 0 fully saturated rings. The average molecular weight is 636 g/mol. The molecule has 0 heterocycles. The summed E-state index contributed by atoms with van der Waals surface area (Å²) in [6.45, 7) is 4.16. The van der Waals surface area contributed by atoms with Crippen LogP contribution in [0.15, 0.2) is 24.3 Å². The van der Waals surface area contributed by atoms with Gasteiger partial charge in [0.2, 0.25) is 5.91 Å². The molecule has 0 aliphatic heterocycles. The fourth-order valence-electron chi connectivity index (χ4n) is 5.88. The number of nitrogens with one attached hydrogen (secondary N) is 1. The third kappa shape index (κ3) is 31.2. The molecule has 3 unspecified atom stereocenters. The maximum atomic E-state index is 12.4. The second-order valence-electron chi connectivity index (χ2n) is 13.5. The van der Waals surface area contributed by atoms with Crippen molar-refractivity contribution < 1.29 is 20.1 Å². The van der Waals surface area contributed by atoms with Gasteiger partial charge in [0, 0.05) is 0 Å². The lowest BCUT2D eigenvalue weighted by Gasteiger charge is -2.21. The molecule has 0 aromatic carbocycles. The number of rotatable bonds is 35. The van der Waals surface area contributed by atoms with Crippen LogP contribution in [0.3, 0.4) is 0 Å². The van der Waals surface area contributed by atoms with Crippen LogP contribution in [0, 0.1) is 0 Å². The van der Waals surface area contributed by atoms with Crippen LogP contribution in [0.2, 0.25) is 0 Å². The predicted octanol–water partition coefficient (Wildman–Crippen LogP) is 10.7. The summed E-state index contributed by atoms with van der Waals surface area (Å²) in [6.07, 6.45) is 41.9. The lowest BCUT2D eigenvalue weighted by molar-refractivity contribution is -0.131. The molecule has 0 spiro atoms. The Balaban J connectivity index is 3.74. The van der Waals surface area contributed by atoms with Crippen molar-refractivity contribution in [3.63, 3.8) is 0 Å². The summed E-state index contributed by atoms with van der Waals surface area (Å²) in [6, 6.07) is -0.799. The first kappa shape index (κ1) is 43.8. The molecule has 45 heavy (non-hydrogen) atoms. The van der Waals surface area contributed by atoms with Crippen molar-refractivity contribution in [1.29, 1.82) is 0 Å². The molecule has 0 saturated heterocycles. The van der Waals surface area contributed by atoms with Crippen LogP contribution in [-0.2, 0) is 4.79 Å². The van der Waals surface area contributed by atoms with Crippen molar-refractivity contribution >= 4 is 5.91 Å². The van der Waals surface area contributed by atoms with E-state index in [0.717, 1.165) is 44.9 Å². The van der Waals surface area contributed by atoms with E-state index in [4.69, 9.17) is 0 Å². The fraction of sp³-hybridized carbons (Fsp3) is 0.875. The van der Waals surface area contributed by atoms with E-state index < -0.39 is 24.2 Å². The lowest BCUT2D eigenvalue weighted by atomic mass is 10.0. The van der Waals surface area contributed by atoms with Crippen molar-refractivity contribution in [3.05, 3.63) is 24.3 Å². The Morgan fingerprint density at radius 3 is 1.29 bits per heavy atom. The van der Waals surface area contributed by atoms with Gasteiger partial charge in [0.05, 0.1) is 18.8 Å². The molecular formula is C40H77NO4. The van der Waals surface area contributed by atoms with Crippen molar-refractivity contribution in [2.24, 2.45) is 0 Å². The third-order valence-corrected chi connectivity index (χ3v) is 9.04. The Morgan fingerprint density at radius 2 is 0.889 bits per heavy atom. The molecule has 5 nitrogen and oxygen atoms in total. The lowest BCUT2D eigenvalue weighted by Crippen LogP contribution is -2.48. The van der Waals surface area contributed by atoms with Gasteiger partial charge in [-0.1, -0.05) is 179 Å². The minimum Gasteiger partial charge on any atom is -0.394 e. The van der Waals surface area contributed by atoms with E-state index in [1.807, 2.05) is 6.08 Å². The molecule has 4 N–H and O–H groups in total. The molecule has 1 amide bonds. The zero-order valence-electron chi connectivity index (χ0n) is 30.0. The zero-order valence-corrected chi connectivity index (χ0v) is 30.0. The fourth-order valence-corrected chi connectivity index (χ4v) is 5.88. The zero-order chi connectivity index (χ0) is 33.1. The largest absolute Gasteiger partial charge is 0.394 e. The van der Waals surface area contributed by atoms with Gasteiger partial charge < -0.3 is 20.6 Å². The number of amides is 1. The van der Waals surface area contributed by atoms with E-state index in [9.17, 15) is 20.1 Å². The third-order valence-electron chi connectivity index (χ3n) is 9.04. The van der Waals surface area contributed by atoms with Gasteiger partial charge in [-0.3, -0.25) is 4.79 Å². The number of aliphatic hydroxyl groups excluding tert-OH is 3. The molecule has 0 radical (unpaired) electrons. The average Bonchev–Trinajstić information content (AvgIpc) is 3.04. The Hall–Kier alpha value is -1.17. The van der Waals surface area contributed by atoms with Crippen molar-refractivity contribution in [2.45, 2.75) is 218 Å². The Bertz CT molecular complexity index is 665. The number of unbranched alkanes of at least 4 members (excludes halogenated alkanes) is 25. The molecule has 0 bridgehead atoms. The minimum absolute atomic E-state index is 0.366. The second-order valence-corrected chi connectivity index (χ2v) is 13.5. The topological polar surface area (TPSA) is 89.8 Å². The minimum atomic E-state index is -1.10. The number of carbonyl (C=O) groups is 1. The number of allylic oxidation sites excluding steroid dienone is 3. The smallest absolute Gasteiger partial charge is 0.249 e. The van der Waals surface area contributed by atoms with Gasteiger partial charge in [-0.25, -0.2) is 0 Å². The standard InChI is InChI=1S/C40H77NO4/c1-3-5-7-9-11-13-15-17-19-21-22-24-26-28-30-32-34-38(43)37(36-42)41-40(45)39(44)35-33-31-29-27-25-23-20-18-16-14-12-10-8-6-4-2/h20,23,32,34,37-39,42-44H,3-19,21-22,24-31,33,35-36H2,1-2H3,(H,41,45)/b23-20-,34-32+. The van der Waals surface area contributed by atoms with E-state index in [0.29, 0.717) is 6.42 Å². The van der Waals surface area contributed by atoms with E-state index in [1.54, 1.807) is 6.08 Å². The molecule has 0 rings (SSSR count). The van der Waals surface area contributed by atoms with Gasteiger partial charge in [0.25, 0.3) is 0 Å². The summed E-state index contributed by atoms with van der Waals surface area (Å²) in [5.41, 5.74) is 0. The van der Waals surface area contributed by atoms with Crippen LogP contribution < -0.4 is 5.32 Å². The Kier molecular flexibility index (Phi) is 34.8. The van der Waals surface area contributed by atoms with Gasteiger partial charge in [-0.05, 0) is 44.9 Å². The summed E-state index contributed by atoms with van der Waals surface area (Å²) >= 11 is 0. The Morgan fingerprint density at radius 1 is 0.533 bits per heavy atom. The van der Waals surface area contributed by atoms with Crippen LogP contribution in [0.5, 0.6) is 0 Å². The van der Waals surface area contributed by atoms with E-state index >= 15 is 0 Å². The molecule has 0 aliphatic carbocycles. The van der Waals surface area contributed by atoms with Gasteiger partial charge in [0.1, 0.15) is 6.10 Å². The first-order chi connectivity index (χ1) is 22.1. The number of hydrogen-bond donors (Lipinski definition) is 4. The molecule has 0 aromatic rings. The van der Waals surface area contributed by atoms with E-state index in [2.05, 4.69) is 31.3 Å². The van der Waals surface area contributed by atoms with Crippen LogP contribution in [-0.4, -0.2) is 46.1 Å². The quantitative estimate of drug-likeness (QED) is 0.0412. The van der Waals surface area contributed by atoms with Gasteiger partial charge in [-0.15, -0.1) is 0 Å². The summed E-state index contributed by atoms with van der Waals surface area (Å²) in [5, 5.41) is 33.0. The summed E-state index contributed by atoms with van der Waals surface area (Å²) in [5.74, 6) is -0.512. The van der Waals surface area contributed by atoms with E-state index in [-0.39, 0.29) is 6.61 Å².